The molecule has 2 N–H and O–H groups in total. The molecule has 23 heavy (non-hydrogen) atoms. The van der Waals surface area contributed by atoms with Gasteiger partial charge in [0.1, 0.15) is 12.0 Å². The second-order valence-corrected chi connectivity index (χ2v) is 6.53. The molecule has 0 saturated carbocycles. The third-order valence-electron chi connectivity index (χ3n) is 3.78. The zero-order chi connectivity index (χ0) is 17.1. The maximum Gasteiger partial charge on any atom is 0.117 e. The third-order valence-corrected chi connectivity index (χ3v) is 4.86. The Balaban J connectivity index is 2.28. The monoisotopic (exact) mass is 375 g/mol. The van der Waals surface area contributed by atoms with Crippen molar-refractivity contribution in [1.29, 1.82) is 0 Å². The smallest absolute Gasteiger partial charge is 0.117 e. The first-order valence-corrected chi connectivity index (χ1v) is 8.50. The summed E-state index contributed by atoms with van der Waals surface area (Å²) in [6.45, 7) is 4.86. The summed E-state index contributed by atoms with van der Waals surface area (Å²) in [7, 11) is 1.94. The zero-order valence-corrected chi connectivity index (χ0v) is 15.6. The first-order chi connectivity index (χ1) is 10.9. The molecular formula is C15H20Cl3N5. The molecule has 2 rings (SSSR count). The van der Waals surface area contributed by atoms with Crippen molar-refractivity contribution in [2.24, 2.45) is 10.7 Å². The highest BCUT2D eigenvalue weighted by Crippen LogP contribution is 2.30. The zero-order valence-electron chi connectivity index (χ0n) is 13.4. The highest BCUT2D eigenvalue weighted by atomic mass is 35.5. The summed E-state index contributed by atoms with van der Waals surface area (Å²) < 4.78 is 0. The molecule has 2 heterocycles. The van der Waals surface area contributed by atoms with Gasteiger partial charge < -0.3 is 15.5 Å². The molecule has 0 spiro atoms. The number of nitrogens with zero attached hydrogens (tertiary/aromatic N) is 4. The summed E-state index contributed by atoms with van der Waals surface area (Å²) in [6.07, 6.45) is 1.28. The van der Waals surface area contributed by atoms with Gasteiger partial charge in [0.15, 0.2) is 0 Å². The predicted molar refractivity (Wildman–Crippen MR) is 98.4 cm³/mol. The van der Waals surface area contributed by atoms with Gasteiger partial charge in [0.05, 0.1) is 33.7 Å². The van der Waals surface area contributed by atoms with Crippen LogP contribution in [0, 0.1) is 0 Å². The number of hydrogen-bond acceptors (Lipinski definition) is 5. The molecule has 1 atom stereocenters. The van der Waals surface area contributed by atoms with E-state index in [-0.39, 0.29) is 0 Å². The summed E-state index contributed by atoms with van der Waals surface area (Å²) in [5, 5.41) is 1.12. The lowest BCUT2D eigenvalue weighted by molar-refractivity contribution is 0.339. The van der Waals surface area contributed by atoms with Crippen LogP contribution in [0.2, 0.25) is 5.02 Å². The van der Waals surface area contributed by atoms with Gasteiger partial charge >= 0.3 is 0 Å². The van der Waals surface area contributed by atoms with Gasteiger partial charge in [-0.2, -0.15) is 0 Å². The SMILES string of the molecule is CC1=NC(C)=C(Cl)C(N)N1Cc1nccc(N(C)CCCl)c1Cl. The molecule has 5 nitrogen and oxygen atoms in total. The normalized spacial score (nSPS) is 18.3. The molecular weight excluding hydrogens is 357 g/mol. The van der Waals surface area contributed by atoms with E-state index in [4.69, 9.17) is 40.5 Å². The van der Waals surface area contributed by atoms with Gasteiger partial charge in [0.25, 0.3) is 0 Å². The Morgan fingerprint density at radius 2 is 2.04 bits per heavy atom. The molecule has 0 saturated heterocycles. The molecule has 0 amide bonds. The Bertz CT molecular complexity index is 644. The van der Waals surface area contributed by atoms with E-state index in [1.165, 1.54) is 0 Å². The highest BCUT2D eigenvalue weighted by molar-refractivity contribution is 6.34. The van der Waals surface area contributed by atoms with Crippen molar-refractivity contribution in [2.75, 3.05) is 24.4 Å². The van der Waals surface area contributed by atoms with Crippen molar-refractivity contribution in [1.82, 2.24) is 9.88 Å². The van der Waals surface area contributed by atoms with Crippen LogP contribution in [0.3, 0.4) is 0 Å². The molecule has 1 aromatic heterocycles. The molecule has 1 unspecified atom stereocenters. The summed E-state index contributed by atoms with van der Waals surface area (Å²) >= 11 is 18.6. The van der Waals surface area contributed by atoms with Crippen molar-refractivity contribution in [3.05, 3.63) is 33.7 Å². The van der Waals surface area contributed by atoms with Gasteiger partial charge in [0.2, 0.25) is 0 Å². The first-order valence-electron chi connectivity index (χ1n) is 7.21. The molecule has 0 radical (unpaired) electrons. The average Bonchev–Trinajstić information content (AvgIpc) is 2.51. The van der Waals surface area contributed by atoms with Crippen LogP contribution in [-0.4, -0.2) is 41.4 Å². The number of anilines is 1. The summed E-state index contributed by atoms with van der Waals surface area (Å²) in [5.74, 6) is 1.31. The van der Waals surface area contributed by atoms with Crippen molar-refractivity contribution in [3.8, 4) is 0 Å². The fraction of sp³-hybridized carbons (Fsp3) is 0.467. The van der Waals surface area contributed by atoms with Crippen molar-refractivity contribution in [2.45, 2.75) is 26.6 Å². The van der Waals surface area contributed by atoms with Gasteiger partial charge in [-0.05, 0) is 19.9 Å². The van der Waals surface area contributed by atoms with Crippen molar-refractivity contribution >= 4 is 46.3 Å². The fourth-order valence-corrected chi connectivity index (χ4v) is 3.14. The van der Waals surface area contributed by atoms with E-state index in [2.05, 4.69) is 9.98 Å². The standard InChI is InChI=1S/C15H20Cl3N5/c1-9-13(17)15(19)23(10(2)21-9)8-11-14(18)12(4-6-20-11)22(3)7-5-16/h4,6,15H,5,7-8,19H2,1-3H3. The van der Waals surface area contributed by atoms with Crippen LogP contribution in [-0.2, 0) is 6.54 Å². The molecule has 0 fully saturated rings. The first kappa shape index (κ1) is 18.3. The molecule has 0 aliphatic carbocycles. The molecule has 0 bridgehead atoms. The quantitative estimate of drug-likeness (QED) is 0.800. The van der Waals surface area contributed by atoms with Crippen LogP contribution in [0.1, 0.15) is 19.5 Å². The summed E-state index contributed by atoms with van der Waals surface area (Å²) in [6, 6.07) is 1.87. The number of halogens is 3. The van der Waals surface area contributed by atoms with E-state index in [9.17, 15) is 0 Å². The Hall–Kier alpha value is -1.01. The maximum absolute atomic E-state index is 6.52. The van der Waals surface area contributed by atoms with Gasteiger partial charge in [-0.15, -0.1) is 11.6 Å². The van der Waals surface area contributed by atoms with Crippen LogP contribution < -0.4 is 10.6 Å². The van der Waals surface area contributed by atoms with E-state index in [0.29, 0.717) is 29.0 Å². The van der Waals surface area contributed by atoms with Crippen LogP contribution in [0.15, 0.2) is 28.0 Å². The number of amidine groups is 1. The largest absolute Gasteiger partial charge is 0.372 e. The lowest BCUT2D eigenvalue weighted by atomic mass is 10.2. The number of aliphatic imine (C=N–C) groups is 1. The Kier molecular flexibility index (Phi) is 6.14. The lowest BCUT2D eigenvalue weighted by Crippen LogP contribution is -2.47. The molecule has 1 aliphatic heterocycles. The van der Waals surface area contributed by atoms with Gasteiger partial charge in [0, 0.05) is 25.7 Å². The minimum Gasteiger partial charge on any atom is -0.372 e. The Labute approximate surface area is 151 Å². The topological polar surface area (TPSA) is 57.8 Å². The molecule has 8 heteroatoms. The second-order valence-electron chi connectivity index (χ2n) is 5.37. The van der Waals surface area contributed by atoms with Crippen molar-refractivity contribution in [3.63, 3.8) is 0 Å². The Morgan fingerprint density at radius 3 is 2.70 bits per heavy atom. The van der Waals surface area contributed by atoms with Crippen LogP contribution >= 0.6 is 34.8 Å². The lowest BCUT2D eigenvalue weighted by Gasteiger charge is -2.34. The molecule has 1 aromatic rings. The molecule has 126 valence electrons. The maximum atomic E-state index is 6.52. The number of nitrogens with two attached hydrogens (primary N) is 1. The number of hydrogen-bond donors (Lipinski definition) is 1. The highest BCUT2D eigenvalue weighted by Gasteiger charge is 2.26. The van der Waals surface area contributed by atoms with E-state index in [0.717, 1.165) is 22.9 Å². The summed E-state index contributed by atoms with van der Waals surface area (Å²) in [5.41, 5.74) is 8.55. The predicted octanol–water partition coefficient (Wildman–Crippen LogP) is 3.40. The number of aromatic nitrogens is 1. The molecule has 0 aromatic carbocycles. The van der Waals surface area contributed by atoms with Crippen LogP contribution in [0.25, 0.3) is 0 Å². The summed E-state index contributed by atoms with van der Waals surface area (Å²) in [4.78, 5) is 12.7. The fourth-order valence-electron chi connectivity index (χ4n) is 2.41. The minimum absolute atomic E-state index is 0.432. The number of rotatable bonds is 5. The van der Waals surface area contributed by atoms with Crippen LogP contribution in [0.4, 0.5) is 5.69 Å². The van der Waals surface area contributed by atoms with Gasteiger partial charge in [-0.1, -0.05) is 23.2 Å². The minimum atomic E-state index is -0.448. The van der Waals surface area contributed by atoms with E-state index < -0.39 is 6.17 Å². The van der Waals surface area contributed by atoms with Gasteiger partial charge in [-0.25, -0.2) is 4.99 Å². The average molecular weight is 377 g/mol. The number of pyridine rings is 1. The number of alkyl halides is 1. The Morgan fingerprint density at radius 1 is 1.35 bits per heavy atom. The third kappa shape index (κ3) is 3.91. The molecule has 1 aliphatic rings. The van der Waals surface area contributed by atoms with Crippen LogP contribution in [0.5, 0.6) is 0 Å². The van der Waals surface area contributed by atoms with Crippen molar-refractivity contribution < 1.29 is 0 Å². The van der Waals surface area contributed by atoms with E-state index in [1.54, 1.807) is 6.20 Å². The van der Waals surface area contributed by atoms with E-state index in [1.807, 2.05) is 36.8 Å². The number of allylic oxidation sites excluding steroid dienone is 1. The second kappa shape index (κ2) is 7.71. The van der Waals surface area contributed by atoms with E-state index >= 15 is 0 Å². The van der Waals surface area contributed by atoms with Gasteiger partial charge in [-0.3, -0.25) is 4.98 Å².